The molecule has 1 aromatic heterocycles. The molecule has 3 heteroatoms. The summed E-state index contributed by atoms with van der Waals surface area (Å²) in [5.74, 6) is 0. The largest absolute Gasteiger partial charge is 0.355 e. The standard InChI is InChI=1S/C40H30N2S/c1-4-12-30(13-5-1)31-20-24-33(25-21-31)41-40-19-11-10-18-37(40)39-29-43-28-38(39)32-22-26-36(27-23-32)42(34-14-6-2-7-15-34)35-16-8-3-9-17-35/h1-29,41H. The molecule has 43 heavy (non-hydrogen) atoms. The van der Waals surface area contributed by atoms with E-state index in [2.05, 4.69) is 179 Å². The first-order valence-electron chi connectivity index (χ1n) is 14.4. The first kappa shape index (κ1) is 26.5. The average Bonchev–Trinajstić information content (AvgIpc) is 3.57. The monoisotopic (exact) mass is 570 g/mol. The van der Waals surface area contributed by atoms with Gasteiger partial charge < -0.3 is 10.2 Å². The number of anilines is 5. The molecule has 0 saturated carbocycles. The highest BCUT2D eigenvalue weighted by Gasteiger charge is 2.15. The number of nitrogens with zero attached hydrogens (tertiary/aromatic N) is 1. The summed E-state index contributed by atoms with van der Waals surface area (Å²) in [6.45, 7) is 0. The molecule has 0 amide bonds. The van der Waals surface area contributed by atoms with Gasteiger partial charge in [-0.05, 0) is 82.0 Å². The number of rotatable bonds is 8. The molecule has 7 rings (SSSR count). The fourth-order valence-corrected chi connectivity index (χ4v) is 6.34. The van der Waals surface area contributed by atoms with Crippen LogP contribution in [0, 0.1) is 0 Å². The minimum absolute atomic E-state index is 1.06. The van der Waals surface area contributed by atoms with E-state index < -0.39 is 0 Å². The molecular formula is C40H30N2S. The van der Waals surface area contributed by atoms with Gasteiger partial charge in [0, 0.05) is 45.1 Å². The molecule has 0 aliphatic heterocycles. The van der Waals surface area contributed by atoms with Crippen molar-refractivity contribution in [3.8, 4) is 33.4 Å². The first-order valence-corrected chi connectivity index (χ1v) is 15.4. The average molecular weight is 571 g/mol. The summed E-state index contributed by atoms with van der Waals surface area (Å²) in [5.41, 5.74) is 12.8. The minimum atomic E-state index is 1.06. The van der Waals surface area contributed by atoms with Crippen molar-refractivity contribution >= 4 is 39.8 Å². The van der Waals surface area contributed by atoms with Gasteiger partial charge in [-0.1, -0.05) is 109 Å². The van der Waals surface area contributed by atoms with Gasteiger partial charge in [0.2, 0.25) is 0 Å². The zero-order valence-corrected chi connectivity index (χ0v) is 24.4. The Morgan fingerprint density at radius 3 is 1.51 bits per heavy atom. The highest BCUT2D eigenvalue weighted by molar-refractivity contribution is 7.08. The zero-order valence-electron chi connectivity index (χ0n) is 23.6. The van der Waals surface area contributed by atoms with Crippen molar-refractivity contribution in [2.75, 3.05) is 10.2 Å². The number of para-hydroxylation sites is 3. The van der Waals surface area contributed by atoms with E-state index in [9.17, 15) is 0 Å². The number of thiophene rings is 1. The number of nitrogens with one attached hydrogen (secondary N) is 1. The van der Waals surface area contributed by atoms with Gasteiger partial charge in [0.25, 0.3) is 0 Å². The Hall–Kier alpha value is -5.38. The molecule has 206 valence electrons. The van der Waals surface area contributed by atoms with E-state index in [1.807, 2.05) is 6.07 Å². The summed E-state index contributed by atoms with van der Waals surface area (Å²) < 4.78 is 0. The molecule has 0 unspecified atom stereocenters. The summed E-state index contributed by atoms with van der Waals surface area (Å²) in [6, 6.07) is 57.6. The van der Waals surface area contributed by atoms with Crippen molar-refractivity contribution in [3.63, 3.8) is 0 Å². The second-order valence-corrected chi connectivity index (χ2v) is 11.1. The molecule has 0 saturated heterocycles. The van der Waals surface area contributed by atoms with Crippen LogP contribution in [0.4, 0.5) is 28.4 Å². The SMILES string of the molecule is c1ccc(-c2ccc(Nc3ccccc3-c3cscc3-c3ccc(N(c4ccccc4)c4ccccc4)cc3)cc2)cc1. The van der Waals surface area contributed by atoms with Crippen LogP contribution in [0.1, 0.15) is 0 Å². The van der Waals surface area contributed by atoms with Crippen LogP contribution >= 0.6 is 11.3 Å². The van der Waals surface area contributed by atoms with Crippen LogP contribution in [0.5, 0.6) is 0 Å². The predicted molar refractivity (Wildman–Crippen MR) is 185 cm³/mol. The van der Waals surface area contributed by atoms with E-state index in [0.29, 0.717) is 0 Å². The molecule has 0 bridgehead atoms. The summed E-state index contributed by atoms with van der Waals surface area (Å²) in [4.78, 5) is 2.29. The van der Waals surface area contributed by atoms with Gasteiger partial charge in [-0.2, -0.15) is 11.3 Å². The molecule has 6 aromatic carbocycles. The van der Waals surface area contributed by atoms with Gasteiger partial charge in [0.1, 0.15) is 0 Å². The van der Waals surface area contributed by atoms with Crippen LogP contribution in [0.15, 0.2) is 175 Å². The maximum Gasteiger partial charge on any atom is 0.0464 e. The molecule has 0 aliphatic rings. The molecule has 0 fully saturated rings. The topological polar surface area (TPSA) is 15.3 Å². The maximum atomic E-state index is 3.68. The van der Waals surface area contributed by atoms with E-state index in [1.54, 1.807) is 11.3 Å². The quantitative estimate of drug-likeness (QED) is 0.195. The zero-order chi connectivity index (χ0) is 28.8. The molecule has 1 heterocycles. The normalized spacial score (nSPS) is 10.8. The molecular weight excluding hydrogens is 541 g/mol. The maximum absolute atomic E-state index is 3.68. The highest BCUT2D eigenvalue weighted by Crippen LogP contribution is 2.41. The summed E-state index contributed by atoms with van der Waals surface area (Å²) >= 11 is 1.74. The Morgan fingerprint density at radius 1 is 0.372 bits per heavy atom. The van der Waals surface area contributed by atoms with E-state index in [1.165, 1.54) is 33.4 Å². The van der Waals surface area contributed by atoms with Gasteiger partial charge in [-0.3, -0.25) is 0 Å². The first-order chi connectivity index (χ1) is 21.3. The molecule has 0 aliphatic carbocycles. The number of hydrogen-bond acceptors (Lipinski definition) is 3. The molecule has 7 aromatic rings. The smallest absolute Gasteiger partial charge is 0.0464 e. The fourth-order valence-electron chi connectivity index (χ4n) is 5.48. The van der Waals surface area contributed by atoms with Crippen molar-refractivity contribution in [2.45, 2.75) is 0 Å². The van der Waals surface area contributed by atoms with Gasteiger partial charge in [-0.15, -0.1) is 0 Å². The lowest BCUT2D eigenvalue weighted by atomic mass is 9.97. The van der Waals surface area contributed by atoms with Gasteiger partial charge in [-0.25, -0.2) is 0 Å². The van der Waals surface area contributed by atoms with Gasteiger partial charge >= 0.3 is 0 Å². The Morgan fingerprint density at radius 2 is 0.860 bits per heavy atom. The lowest BCUT2D eigenvalue weighted by molar-refractivity contribution is 1.28. The van der Waals surface area contributed by atoms with Crippen LogP contribution in [0.3, 0.4) is 0 Å². The van der Waals surface area contributed by atoms with Crippen molar-refractivity contribution < 1.29 is 0 Å². The third-order valence-electron chi connectivity index (χ3n) is 7.62. The third-order valence-corrected chi connectivity index (χ3v) is 8.36. The van der Waals surface area contributed by atoms with Crippen molar-refractivity contribution in [2.24, 2.45) is 0 Å². The van der Waals surface area contributed by atoms with Crippen LogP contribution in [-0.4, -0.2) is 0 Å². The predicted octanol–water partition coefficient (Wildman–Crippen LogP) is 12.0. The molecule has 0 radical (unpaired) electrons. The minimum Gasteiger partial charge on any atom is -0.355 e. The van der Waals surface area contributed by atoms with Gasteiger partial charge in [0.05, 0.1) is 0 Å². The van der Waals surface area contributed by atoms with Crippen molar-refractivity contribution in [3.05, 3.63) is 175 Å². The lowest BCUT2D eigenvalue weighted by Gasteiger charge is -2.25. The van der Waals surface area contributed by atoms with E-state index in [0.717, 1.165) is 28.4 Å². The summed E-state index contributed by atoms with van der Waals surface area (Å²) in [5, 5.41) is 8.18. The fraction of sp³-hybridized carbons (Fsp3) is 0. The van der Waals surface area contributed by atoms with Crippen LogP contribution < -0.4 is 10.2 Å². The second kappa shape index (κ2) is 12.2. The Kier molecular flexibility index (Phi) is 7.55. The lowest BCUT2D eigenvalue weighted by Crippen LogP contribution is -2.09. The molecule has 2 nitrogen and oxygen atoms in total. The van der Waals surface area contributed by atoms with Crippen molar-refractivity contribution in [1.82, 2.24) is 0 Å². The van der Waals surface area contributed by atoms with E-state index >= 15 is 0 Å². The van der Waals surface area contributed by atoms with Gasteiger partial charge in [0.15, 0.2) is 0 Å². The highest BCUT2D eigenvalue weighted by atomic mass is 32.1. The Labute approximate surface area is 257 Å². The van der Waals surface area contributed by atoms with Crippen LogP contribution in [-0.2, 0) is 0 Å². The summed E-state index contributed by atoms with van der Waals surface area (Å²) in [6.07, 6.45) is 0. The Bertz CT molecular complexity index is 1870. The van der Waals surface area contributed by atoms with Crippen LogP contribution in [0.2, 0.25) is 0 Å². The Balaban J connectivity index is 1.18. The van der Waals surface area contributed by atoms with Crippen molar-refractivity contribution in [1.29, 1.82) is 0 Å². The molecule has 0 atom stereocenters. The molecule has 0 spiro atoms. The number of benzene rings is 6. The second-order valence-electron chi connectivity index (χ2n) is 10.4. The molecule has 1 N–H and O–H groups in total. The third kappa shape index (κ3) is 5.72. The van der Waals surface area contributed by atoms with E-state index in [-0.39, 0.29) is 0 Å². The van der Waals surface area contributed by atoms with E-state index in [4.69, 9.17) is 0 Å². The summed E-state index contributed by atoms with van der Waals surface area (Å²) in [7, 11) is 0. The van der Waals surface area contributed by atoms with Crippen LogP contribution in [0.25, 0.3) is 33.4 Å². The number of hydrogen-bond donors (Lipinski definition) is 1.